The van der Waals surface area contributed by atoms with Gasteiger partial charge in [-0.2, -0.15) is 0 Å². The lowest BCUT2D eigenvalue weighted by Crippen LogP contribution is -2.24. The summed E-state index contributed by atoms with van der Waals surface area (Å²) >= 11 is 11.5. The first kappa shape index (κ1) is 19.5. The van der Waals surface area contributed by atoms with Gasteiger partial charge in [0.15, 0.2) is 0 Å². The van der Waals surface area contributed by atoms with E-state index < -0.39 is 16.0 Å². The zero-order valence-corrected chi connectivity index (χ0v) is 15.4. The van der Waals surface area contributed by atoms with Crippen LogP contribution in [0.5, 0.6) is 0 Å². The van der Waals surface area contributed by atoms with E-state index in [1.807, 2.05) is 6.07 Å². The Bertz CT molecular complexity index is 883. The first-order chi connectivity index (χ1) is 11.8. The average Bonchev–Trinajstić information content (AvgIpc) is 2.59. The van der Waals surface area contributed by atoms with Crippen molar-refractivity contribution in [3.63, 3.8) is 0 Å². The number of halogens is 2. The van der Waals surface area contributed by atoms with E-state index in [-0.39, 0.29) is 33.7 Å². The Labute approximate surface area is 156 Å². The molecule has 0 heterocycles. The molecule has 132 valence electrons. The summed E-state index contributed by atoms with van der Waals surface area (Å²) in [6.07, 6.45) is 0. The molecule has 0 atom stereocenters. The number of carbonyl (C=O) groups is 1. The summed E-state index contributed by atoms with van der Waals surface area (Å²) in [5.74, 6) is -0.724. The first-order valence-corrected chi connectivity index (χ1v) is 9.37. The minimum atomic E-state index is -3.91. The van der Waals surface area contributed by atoms with Gasteiger partial charge in [-0.25, -0.2) is 17.9 Å². The lowest BCUT2D eigenvalue weighted by molar-refractivity contribution is 0.0546. The molecule has 25 heavy (non-hydrogen) atoms. The molecule has 1 N–H and O–H groups in total. The van der Waals surface area contributed by atoms with E-state index in [1.165, 1.54) is 12.1 Å². The third kappa shape index (κ3) is 5.57. The van der Waals surface area contributed by atoms with Crippen molar-refractivity contribution in [2.75, 3.05) is 6.61 Å². The summed E-state index contributed by atoms with van der Waals surface area (Å²) in [5, 5.41) is 0.151. The van der Waals surface area contributed by atoms with E-state index in [4.69, 9.17) is 27.9 Å². The van der Waals surface area contributed by atoms with E-state index in [0.717, 1.165) is 11.6 Å². The highest BCUT2D eigenvalue weighted by atomic mass is 35.5. The number of esters is 1. The van der Waals surface area contributed by atoms with Crippen LogP contribution in [-0.4, -0.2) is 21.0 Å². The van der Waals surface area contributed by atoms with Crippen molar-refractivity contribution in [1.29, 1.82) is 0 Å². The van der Waals surface area contributed by atoms with Crippen LogP contribution in [0, 0.1) is 0 Å². The Morgan fingerprint density at radius 1 is 1.16 bits per heavy atom. The fraction of sp³-hybridized carbons (Fsp3) is 0.118. The highest BCUT2D eigenvalue weighted by Crippen LogP contribution is 2.23. The topological polar surface area (TPSA) is 72.5 Å². The van der Waals surface area contributed by atoms with Crippen LogP contribution in [0.25, 0.3) is 0 Å². The molecule has 0 fully saturated rings. The molecule has 0 amide bonds. The Morgan fingerprint density at radius 2 is 1.84 bits per heavy atom. The monoisotopic (exact) mass is 399 g/mol. The molecule has 0 aromatic heterocycles. The predicted octanol–water partition coefficient (Wildman–Crippen LogP) is 3.73. The predicted molar refractivity (Wildman–Crippen MR) is 97.2 cm³/mol. The van der Waals surface area contributed by atoms with E-state index in [2.05, 4.69) is 11.3 Å². The van der Waals surface area contributed by atoms with E-state index in [9.17, 15) is 13.2 Å². The number of hydrogen-bond acceptors (Lipinski definition) is 4. The van der Waals surface area contributed by atoms with Gasteiger partial charge in [-0.1, -0.05) is 60.1 Å². The Morgan fingerprint density at radius 3 is 2.48 bits per heavy atom. The number of sulfonamides is 1. The van der Waals surface area contributed by atoms with E-state index >= 15 is 0 Å². The van der Waals surface area contributed by atoms with Crippen LogP contribution in [0.2, 0.25) is 5.02 Å². The molecule has 5 nitrogen and oxygen atoms in total. The molecule has 2 rings (SSSR count). The van der Waals surface area contributed by atoms with Crippen LogP contribution in [0.15, 0.2) is 65.0 Å². The molecule has 0 bridgehead atoms. The van der Waals surface area contributed by atoms with Crippen molar-refractivity contribution >= 4 is 39.2 Å². The lowest BCUT2D eigenvalue weighted by Gasteiger charge is -2.10. The number of nitrogens with one attached hydrogen (secondary N) is 1. The molecule has 0 unspecified atom stereocenters. The van der Waals surface area contributed by atoms with Gasteiger partial charge >= 0.3 is 5.97 Å². The third-order valence-corrected chi connectivity index (χ3v) is 5.12. The lowest BCUT2D eigenvalue weighted by atomic mass is 10.2. The highest BCUT2D eigenvalue weighted by molar-refractivity contribution is 7.89. The van der Waals surface area contributed by atoms with Crippen LogP contribution >= 0.6 is 23.2 Å². The van der Waals surface area contributed by atoms with Gasteiger partial charge in [0.25, 0.3) is 0 Å². The van der Waals surface area contributed by atoms with Gasteiger partial charge in [0.1, 0.15) is 11.5 Å². The second kappa shape index (κ2) is 8.49. The van der Waals surface area contributed by atoms with Crippen molar-refractivity contribution in [3.05, 3.63) is 76.3 Å². The Hall–Kier alpha value is -1.86. The maximum atomic E-state index is 12.5. The normalized spacial score (nSPS) is 11.1. The maximum absolute atomic E-state index is 12.5. The van der Waals surface area contributed by atoms with Crippen molar-refractivity contribution in [1.82, 2.24) is 4.72 Å². The quantitative estimate of drug-likeness (QED) is 0.719. The smallest absolute Gasteiger partial charge is 0.338 e. The van der Waals surface area contributed by atoms with Gasteiger partial charge in [0.2, 0.25) is 10.0 Å². The third-order valence-electron chi connectivity index (χ3n) is 3.13. The molecule has 0 spiro atoms. The summed E-state index contributed by atoms with van der Waals surface area (Å²) in [6.45, 7) is 3.33. The summed E-state index contributed by atoms with van der Waals surface area (Å²) < 4.78 is 32.3. The second-order valence-corrected chi connectivity index (χ2v) is 7.73. The van der Waals surface area contributed by atoms with Crippen molar-refractivity contribution in [2.45, 2.75) is 11.4 Å². The average molecular weight is 400 g/mol. The van der Waals surface area contributed by atoms with Crippen LogP contribution < -0.4 is 4.72 Å². The molecule has 0 aliphatic heterocycles. The largest absolute Gasteiger partial charge is 0.456 e. The van der Waals surface area contributed by atoms with Crippen molar-refractivity contribution in [3.8, 4) is 0 Å². The zero-order valence-electron chi connectivity index (χ0n) is 13.0. The summed E-state index contributed by atoms with van der Waals surface area (Å²) in [7, 11) is -3.91. The molecule has 0 radical (unpaired) electrons. The minimum absolute atomic E-state index is 0.00105. The van der Waals surface area contributed by atoms with Gasteiger partial charge in [0.05, 0.1) is 10.6 Å². The molecular formula is C17H15Cl2NO4S. The van der Waals surface area contributed by atoms with Crippen molar-refractivity contribution in [2.24, 2.45) is 0 Å². The summed E-state index contributed by atoms with van der Waals surface area (Å²) in [4.78, 5) is 11.7. The van der Waals surface area contributed by atoms with E-state index in [1.54, 1.807) is 24.3 Å². The Balaban J connectivity index is 2.20. The van der Waals surface area contributed by atoms with Crippen molar-refractivity contribution < 1.29 is 17.9 Å². The van der Waals surface area contributed by atoms with Crippen LogP contribution in [0.1, 0.15) is 15.9 Å². The van der Waals surface area contributed by atoms with Gasteiger partial charge in [-0.15, -0.1) is 0 Å². The van der Waals surface area contributed by atoms with Crippen LogP contribution in [0.3, 0.4) is 0 Å². The second-order valence-electron chi connectivity index (χ2n) is 5.05. The maximum Gasteiger partial charge on any atom is 0.338 e. The molecule has 0 aliphatic carbocycles. The van der Waals surface area contributed by atoms with E-state index in [0.29, 0.717) is 0 Å². The van der Waals surface area contributed by atoms with Gasteiger partial charge < -0.3 is 4.74 Å². The molecular weight excluding hydrogens is 385 g/mol. The van der Waals surface area contributed by atoms with Gasteiger partial charge in [-0.05, 0) is 23.8 Å². The SMILES string of the molecule is C=C(Cl)COC(=O)c1ccc(Cl)c(S(=O)(=O)NCc2ccccc2)c1. The molecule has 2 aromatic carbocycles. The van der Waals surface area contributed by atoms with Crippen LogP contribution in [0.4, 0.5) is 0 Å². The number of benzene rings is 2. The fourth-order valence-corrected chi connectivity index (χ4v) is 3.51. The standard InChI is InChI=1S/C17H15Cl2NO4S/c1-12(18)11-24-17(21)14-7-8-15(19)16(9-14)25(22,23)20-10-13-5-3-2-4-6-13/h2-9,20H,1,10-11H2. The van der Waals surface area contributed by atoms with Gasteiger partial charge in [-0.3, -0.25) is 0 Å². The van der Waals surface area contributed by atoms with Gasteiger partial charge in [0, 0.05) is 11.6 Å². The molecule has 0 saturated heterocycles. The first-order valence-electron chi connectivity index (χ1n) is 7.13. The fourth-order valence-electron chi connectivity index (χ4n) is 1.92. The molecule has 0 saturated carbocycles. The molecule has 0 aliphatic rings. The Kier molecular flexibility index (Phi) is 6.61. The van der Waals surface area contributed by atoms with Crippen LogP contribution in [-0.2, 0) is 21.3 Å². The number of carbonyl (C=O) groups excluding carboxylic acids is 1. The summed E-state index contributed by atoms with van der Waals surface area (Å²) in [6, 6.07) is 12.9. The highest BCUT2D eigenvalue weighted by Gasteiger charge is 2.20. The number of hydrogen-bond donors (Lipinski definition) is 1. The molecule has 2 aromatic rings. The minimum Gasteiger partial charge on any atom is -0.456 e. The molecule has 8 heteroatoms. The number of rotatable bonds is 7. The summed E-state index contributed by atoms with van der Waals surface area (Å²) in [5.41, 5.74) is 0.834. The zero-order chi connectivity index (χ0) is 18.4. The number of ether oxygens (including phenoxy) is 1.